The topological polar surface area (TPSA) is 55.5 Å². The van der Waals surface area contributed by atoms with Crippen molar-refractivity contribution in [1.82, 2.24) is 0 Å². The van der Waals surface area contributed by atoms with E-state index in [9.17, 15) is 5.11 Å². The second-order valence-electron chi connectivity index (χ2n) is 9.60. The van der Waals surface area contributed by atoms with Gasteiger partial charge in [0.05, 0.1) is 12.2 Å². The Kier molecular flexibility index (Phi) is 3.87. The Labute approximate surface area is 141 Å². The van der Waals surface area contributed by atoms with Crippen LogP contribution in [0, 0.1) is 35.0 Å². The van der Waals surface area contributed by atoms with Gasteiger partial charge in [0.25, 0.3) is 0 Å². The molecule has 0 bridgehead atoms. The molecule has 5 unspecified atom stereocenters. The molecule has 0 radical (unpaired) electrons. The van der Waals surface area contributed by atoms with Crippen LogP contribution in [0.3, 0.4) is 0 Å². The van der Waals surface area contributed by atoms with Gasteiger partial charge >= 0.3 is 0 Å². The lowest BCUT2D eigenvalue weighted by molar-refractivity contribution is -0.131. The number of aliphatic hydroxyl groups excluding tert-OH is 1. The standard InChI is InChI=1S/C20H35NO2/c1-12-10-13-11-14(22)4-5-15(13)20(21)9-8-19(2)16(18(12)20)6-7-17(19)23-3/h12-18,22H,4-11,21H2,1-3H3/t12-,13?,14?,15?,16+,17?,18?,19+,20+/m1/s1. The quantitative estimate of drug-likeness (QED) is 0.779. The van der Waals surface area contributed by atoms with E-state index in [1.807, 2.05) is 7.11 Å². The van der Waals surface area contributed by atoms with Gasteiger partial charge < -0.3 is 15.6 Å². The van der Waals surface area contributed by atoms with E-state index in [-0.39, 0.29) is 11.6 Å². The zero-order valence-electron chi connectivity index (χ0n) is 15.1. The number of nitrogens with two attached hydrogens (primary N) is 1. The van der Waals surface area contributed by atoms with Crippen LogP contribution in [-0.2, 0) is 4.74 Å². The van der Waals surface area contributed by atoms with Crippen LogP contribution in [0.5, 0.6) is 0 Å². The maximum absolute atomic E-state index is 10.1. The Morgan fingerprint density at radius 1 is 1.04 bits per heavy atom. The normalized spacial score (nSPS) is 59.1. The predicted molar refractivity (Wildman–Crippen MR) is 91.9 cm³/mol. The molecule has 0 aromatic rings. The van der Waals surface area contributed by atoms with Gasteiger partial charge in [0.2, 0.25) is 0 Å². The molecular formula is C20H35NO2. The highest BCUT2D eigenvalue weighted by molar-refractivity contribution is 5.16. The van der Waals surface area contributed by atoms with Crippen LogP contribution in [0.15, 0.2) is 0 Å². The van der Waals surface area contributed by atoms with Crippen molar-refractivity contribution in [2.45, 2.75) is 83.0 Å². The second kappa shape index (κ2) is 5.44. The van der Waals surface area contributed by atoms with Gasteiger partial charge in [0, 0.05) is 12.6 Å². The third-order valence-corrected chi connectivity index (χ3v) is 8.69. The van der Waals surface area contributed by atoms with Crippen LogP contribution in [0.4, 0.5) is 0 Å². The van der Waals surface area contributed by atoms with E-state index < -0.39 is 0 Å². The number of methoxy groups -OCH3 is 1. The summed E-state index contributed by atoms with van der Waals surface area (Å²) < 4.78 is 5.88. The maximum atomic E-state index is 10.1. The Morgan fingerprint density at radius 3 is 2.52 bits per heavy atom. The molecule has 4 aliphatic rings. The minimum absolute atomic E-state index is 0.00921. The molecule has 9 atom stereocenters. The van der Waals surface area contributed by atoms with E-state index in [1.165, 1.54) is 25.7 Å². The first-order chi connectivity index (χ1) is 10.9. The van der Waals surface area contributed by atoms with Gasteiger partial charge in [-0.1, -0.05) is 13.8 Å². The van der Waals surface area contributed by atoms with Crippen LogP contribution in [-0.4, -0.2) is 30.0 Å². The highest BCUT2D eigenvalue weighted by Gasteiger charge is 2.63. The van der Waals surface area contributed by atoms with Gasteiger partial charge in [0.15, 0.2) is 0 Å². The lowest BCUT2D eigenvalue weighted by Crippen LogP contribution is -2.67. The van der Waals surface area contributed by atoms with Crippen molar-refractivity contribution >= 4 is 0 Å². The summed E-state index contributed by atoms with van der Waals surface area (Å²) in [5.74, 6) is 3.36. The summed E-state index contributed by atoms with van der Waals surface area (Å²) in [5, 5.41) is 10.1. The van der Waals surface area contributed by atoms with Gasteiger partial charge in [-0.2, -0.15) is 0 Å². The van der Waals surface area contributed by atoms with Crippen molar-refractivity contribution in [3.8, 4) is 0 Å². The summed E-state index contributed by atoms with van der Waals surface area (Å²) >= 11 is 0. The van der Waals surface area contributed by atoms with Gasteiger partial charge in [-0.3, -0.25) is 0 Å². The van der Waals surface area contributed by atoms with E-state index in [1.54, 1.807) is 0 Å². The minimum Gasteiger partial charge on any atom is -0.393 e. The Balaban J connectivity index is 1.67. The molecule has 4 fully saturated rings. The van der Waals surface area contributed by atoms with Gasteiger partial charge in [-0.25, -0.2) is 0 Å². The van der Waals surface area contributed by atoms with Crippen LogP contribution < -0.4 is 5.73 Å². The van der Waals surface area contributed by atoms with Crippen molar-refractivity contribution in [3.63, 3.8) is 0 Å². The molecule has 4 saturated carbocycles. The fraction of sp³-hybridized carbons (Fsp3) is 1.00. The highest BCUT2D eigenvalue weighted by Crippen LogP contribution is 2.64. The summed E-state index contributed by atoms with van der Waals surface area (Å²) in [7, 11) is 1.89. The molecule has 3 N–H and O–H groups in total. The van der Waals surface area contributed by atoms with E-state index in [2.05, 4.69) is 13.8 Å². The van der Waals surface area contributed by atoms with Crippen molar-refractivity contribution in [3.05, 3.63) is 0 Å². The van der Waals surface area contributed by atoms with Gasteiger partial charge in [0.1, 0.15) is 0 Å². The van der Waals surface area contributed by atoms with Crippen LogP contribution in [0.1, 0.15) is 65.2 Å². The van der Waals surface area contributed by atoms with E-state index >= 15 is 0 Å². The van der Waals surface area contributed by atoms with Crippen molar-refractivity contribution in [2.75, 3.05) is 7.11 Å². The average Bonchev–Trinajstić information content (AvgIpc) is 2.83. The molecule has 0 amide bonds. The first-order valence-corrected chi connectivity index (χ1v) is 9.90. The second-order valence-corrected chi connectivity index (χ2v) is 9.60. The first-order valence-electron chi connectivity index (χ1n) is 9.90. The van der Waals surface area contributed by atoms with E-state index in [0.29, 0.717) is 35.2 Å². The summed E-state index contributed by atoms with van der Waals surface area (Å²) in [6.07, 6.45) is 9.60. The lowest BCUT2D eigenvalue weighted by atomic mass is 9.44. The Hall–Kier alpha value is -0.120. The average molecular weight is 322 g/mol. The van der Waals surface area contributed by atoms with Crippen molar-refractivity contribution in [2.24, 2.45) is 40.7 Å². The molecular weight excluding hydrogens is 286 g/mol. The summed E-state index contributed by atoms with van der Waals surface area (Å²) in [5.41, 5.74) is 7.57. The SMILES string of the molecule is COC1CC[C@H]2C3[C@H](C)CC4CC(O)CCC4[C@@]3(N)CC[C@]12C. The van der Waals surface area contributed by atoms with Crippen molar-refractivity contribution < 1.29 is 9.84 Å². The minimum atomic E-state index is -0.0817. The number of hydrogen-bond acceptors (Lipinski definition) is 3. The number of hydrogen-bond donors (Lipinski definition) is 2. The number of aliphatic hydroxyl groups is 1. The molecule has 3 heteroatoms. The zero-order chi connectivity index (χ0) is 16.4. The molecule has 0 heterocycles. The Morgan fingerprint density at radius 2 is 1.78 bits per heavy atom. The van der Waals surface area contributed by atoms with Crippen LogP contribution in [0.2, 0.25) is 0 Å². The lowest BCUT2D eigenvalue weighted by Gasteiger charge is -2.63. The van der Waals surface area contributed by atoms with Crippen molar-refractivity contribution in [1.29, 1.82) is 0 Å². The highest BCUT2D eigenvalue weighted by atomic mass is 16.5. The molecule has 4 rings (SSSR count). The molecule has 0 aromatic carbocycles. The first kappa shape index (κ1) is 16.4. The summed E-state index contributed by atoms with van der Waals surface area (Å²) in [6, 6.07) is 0. The summed E-state index contributed by atoms with van der Waals surface area (Å²) in [4.78, 5) is 0. The third kappa shape index (κ3) is 2.19. The number of rotatable bonds is 1. The molecule has 23 heavy (non-hydrogen) atoms. The fourth-order valence-corrected chi connectivity index (χ4v) is 7.77. The molecule has 132 valence electrons. The number of ether oxygens (including phenoxy) is 1. The monoisotopic (exact) mass is 321 g/mol. The molecule has 0 spiro atoms. The van der Waals surface area contributed by atoms with Gasteiger partial charge in [-0.05, 0) is 86.4 Å². The Bertz CT molecular complexity index is 469. The summed E-state index contributed by atoms with van der Waals surface area (Å²) in [6.45, 7) is 4.91. The van der Waals surface area contributed by atoms with Crippen LogP contribution >= 0.6 is 0 Å². The molecule has 0 saturated heterocycles. The zero-order valence-corrected chi connectivity index (χ0v) is 15.1. The molecule has 0 aromatic heterocycles. The smallest absolute Gasteiger partial charge is 0.0627 e. The molecule has 0 aliphatic heterocycles. The van der Waals surface area contributed by atoms with Gasteiger partial charge in [-0.15, -0.1) is 0 Å². The fourth-order valence-electron chi connectivity index (χ4n) is 7.77. The number of fused-ring (bicyclic) bond motifs is 5. The molecule has 3 nitrogen and oxygen atoms in total. The van der Waals surface area contributed by atoms with E-state index in [0.717, 1.165) is 31.6 Å². The predicted octanol–water partition coefficient (Wildman–Crippen LogP) is 3.34. The van der Waals surface area contributed by atoms with E-state index in [4.69, 9.17) is 10.5 Å². The molecule has 4 aliphatic carbocycles. The third-order valence-electron chi connectivity index (χ3n) is 8.69. The largest absolute Gasteiger partial charge is 0.393 e. The van der Waals surface area contributed by atoms with Crippen LogP contribution in [0.25, 0.3) is 0 Å². The maximum Gasteiger partial charge on any atom is 0.0627 e.